The molecule has 6 nitrogen and oxygen atoms in total. The van der Waals surface area contributed by atoms with E-state index in [1.807, 2.05) is 4.98 Å². The van der Waals surface area contributed by atoms with Crippen molar-refractivity contribution in [3.8, 4) is 0 Å². The molecule has 0 radical (unpaired) electrons. The van der Waals surface area contributed by atoms with Gasteiger partial charge in [0.1, 0.15) is 24.4 Å². The number of aliphatic hydroxyl groups excluding tert-OH is 2. The number of halogens is 1. The Kier molecular flexibility index (Phi) is 3.76. The SMILES string of the molecule is COC1C(O)[C@@H](CO)O[C@H]1c1ccc(=O)[nH]c1F. The Morgan fingerprint density at radius 3 is 2.83 bits per heavy atom. The van der Waals surface area contributed by atoms with Crippen molar-refractivity contribution < 1.29 is 24.1 Å². The molecule has 1 aliphatic heterocycles. The molecule has 0 aromatic carbocycles. The fourth-order valence-corrected chi connectivity index (χ4v) is 2.08. The molecule has 1 aliphatic rings. The molecule has 1 saturated heterocycles. The van der Waals surface area contributed by atoms with Crippen molar-refractivity contribution in [2.24, 2.45) is 0 Å². The van der Waals surface area contributed by atoms with Gasteiger partial charge in [-0.3, -0.25) is 9.78 Å². The standard InChI is InChI=1S/C11H14FNO5/c1-17-10-8(16)6(4-14)18-9(10)5-2-3-7(15)13-11(5)12/h2-3,6,8-10,14,16H,4H2,1H3,(H,13,15)/t6-,8?,9+,10?/m1/s1. The minimum Gasteiger partial charge on any atom is -0.394 e. The molecule has 1 fully saturated rings. The molecule has 4 atom stereocenters. The molecule has 0 amide bonds. The maximum Gasteiger partial charge on any atom is 0.250 e. The lowest BCUT2D eigenvalue weighted by atomic mass is 10.0. The summed E-state index contributed by atoms with van der Waals surface area (Å²) in [5.74, 6) is -0.833. The number of methoxy groups -OCH3 is 1. The van der Waals surface area contributed by atoms with Crippen LogP contribution in [0, 0.1) is 5.95 Å². The van der Waals surface area contributed by atoms with Gasteiger partial charge in [-0.25, -0.2) is 0 Å². The molecule has 3 N–H and O–H groups in total. The van der Waals surface area contributed by atoms with Crippen LogP contribution < -0.4 is 5.56 Å². The van der Waals surface area contributed by atoms with Crippen LogP contribution in [0.1, 0.15) is 11.7 Å². The van der Waals surface area contributed by atoms with Crippen LogP contribution in [0.5, 0.6) is 0 Å². The zero-order valence-electron chi connectivity index (χ0n) is 9.67. The summed E-state index contributed by atoms with van der Waals surface area (Å²) in [6.07, 6.45) is -3.58. The van der Waals surface area contributed by atoms with Gasteiger partial charge in [0.25, 0.3) is 0 Å². The Balaban J connectivity index is 2.34. The van der Waals surface area contributed by atoms with Crippen LogP contribution in [0.4, 0.5) is 4.39 Å². The summed E-state index contributed by atoms with van der Waals surface area (Å²) in [6, 6.07) is 2.43. The molecule has 0 bridgehead atoms. The van der Waals surface area contributed by atoms with Crippen molar-refractivity contribution in [3.05, 3.63) is 34.0 Å². The number of nitrogens with one attached hydrogen (secondary N) is 1. The Morgan fingerprint density at radius 1 is 1.56 bits per heavy atom. The van der Waals surface area contributed by atoms with E-state index < -0.39 is 42.5 Å². The van der Waals surface area contributed by atoms with Crippen molar-refractivity contribution >= 4 is 0 Å². The van der Waals surface area contributed by atoms with Crippen molar-refractivity contribution in [1.29, 1.82) is 0 Å². The highest BCUT2D eigenvalue weighted by Gasteiger charge is 2.45. The van der Waals surface area contributed by atoms with Gasteiger partial charge in [-0.05, 0) is 6.07 Å². The van der Waals surface area contributed by atoms with Gasteiger partial charge in [0, 0.05) is 18.7 Å². The first-order valence-corrected chi connectivity index (χ1v) is 5.44. The Labute approximate surface area is 102 Å². The molecule has 7 heteroatoms. The van der Waals surface area contributed by atoms with E-state index >= 15 is 0 Å². The third kappa shape index (κ3) is 2.17. The van der Waals surface area contributed by atoms with Crippen LogP contribution in [-0.2, 0) is 9.47 Å². The summed E-state index contributed by atoms with van der Waals surface area (Å²) >= 11 is 0. The second-order valence-corrected chi connectivity index (χ2v) is 4.06. The number of rotatable bonds is 3. The number of aromatic amines is 1. The van der Waals surface area contributed by atoms with E-state index in [0.29, 0.717) is 0 Å². The van der Waals surface area contributed by atoms with Gasteiger partial charge in [-0.15, -0.1) is 0 Å². The minimum atomic E-state index is -1.06. The highest BCUT2D eigenvalue weighted by molar-refractivity contribution is 5.18. The first-order valence-electron chi connectivity index (χ1n) is 5.44. The fraction of sp³-hybridized carbons (Fsp3) is 0.545. The average Bonchev–Trinajstić information content (AvgIpc) is 2.65. The number of pyridine rings is 1. The molecule has 2 heterocycles. The van der Waals surface area contributed by atoms with E-state index in [0.717, 1.165) is 6.07 Å². The Morgan fingerprint density at radius 2 is 2.28 bits per heavy atom. The molecular formula is C11H14FNO5. The normalized spacial score (nSPS) is 31.8. The van der Waals surface area contributed by atoms with Gasteiger partial charge in [0.15, 0.2) is 5.95 Å². The largest absolute Gasteiger partial charge is 0.394 e. The summed E-state index contributed by atoms with van der Waals surface area (Å²) in [5, 5.41) is 18.9. The number of aromatic nitrogens is 1. The molecule has 1 aromatic heterocycles. The predicted molar refractivity (Wildman–Crippen MR) is 58.5 cm³/mol. The summed E-state index contributed by atoms with van der Waals surface area (Å²) in [5.41, 5.74) is -0.487. The van der Waals surface area contributed by atoms with Crippen LogP contribution in [0.3, 0.4) is 0 Å². The van der Waals surface area contributed by atoms with Crippen molar-refractivity contribution in [1.82, 2.24) is 4.98 Å². The van der Waals surface area contributed by atoms with Crippen molar-refractivity contribution in [2.45, 2.75) is 24.4 Å². The van der Waals surface area contributed by atoms with Gasteiger partial charge >= 0.3 is 0 Å². The zero-order chi connectivity index (χ0) is 13.3. The Hall–Kier alpha value is -1.28. The van der Waals surface area contributed by atoms with E-state index in [1.54, 1.807) is 0 Å². The summed E-state index contributed by atoms with van der Waals surface area (Å²) < 4.78 is 24.0. The third-order valence-electron chi connectivity index (χ3n) is 3.00. The molecule has 2 unspecified atom stereocenters. The molecule has 1 aromatic rings. The van der Waals surface area contributed by atoms with Crippen LogP contribution in [0.15, 0.2) is 16.9 Å². The zero-order valence-corrected chi connectivity index (χ0v) is 9.67. The second-order valence-electron chi connectivity index (χ2n) is 4.06. The van der Waals surface area contributed by atoms with Crippen LogP contribution in [0.25, 0.3) is 0 Å². The van der Waals surface area contributed by atoms with Crippen LogP contribution >= 0.6 is 0 Å². The van der Waals surface area contributed by atoms with Crippen molar-refractivity contribution in [3.63, 3.8) is 0 Å². The van der Waals surface area contributed by atoms with Gasteiger partial charge < -0.3 is 19.7 Å². The molecule has 18 heavy (non-hydrogen) atoms. The monoisotopic (exact) mass is 259 g/mol. The third-order valence-corrected chi connectivity index (χ3v) is 3.00. The quantitative estimate of drug-likeness (QED) is 0.626. The van der Waals surface area contributed by atoms with Gasteiger partial charge in [0.05, 0.1) is 6.61 Å². The lowest BCUT2D eigenvalue weighted by Crippen LogP contribution is -2.34. The second kappa shape index (κ2) is 5.15. The first kappa shape index (κ1) is 13.2. The summed E-state index contributed by atoms with van der Waals surface area (Å²) in [6.45, 7) is -0.400. The maximum atomic E-state index is 13.6. The van der Waals surface area contributed by atoms with E-state index in [9.17, 15) is 14.3 Å². The highest BCUT2D eigenvalue weighted by Crippen LogP contribution is 2.35. The maximum absolute atomic E-state index is 13.6. The topological polar surface area (TPSA) is 91.8 Å². The van der Waals surface area contributed by atoms with Gasteiger partial charge in [-0.2, -0.15) is 4.39 Å². The van der Waals surface area contributed by atoms with Gasteiger partial charge in [0.2, 0.25) is 5.56 Å². The van der Waals surface area contributed by atoms with E-state index in [-0.39, 0.29) is 5.56 Å². The number of H-pyrrole nitrogens is 1. The Bertz CT molecular complexity index is 477. The highest BCUT2D eigenvalue weighted by atomic mass is 19.1. The number of hydrogen-bond donors (Lipinski definition) is 3. The van der Waals surface area contributed by atoms with E-state index in [2.05, 4.69) is 0 Å². The lowest BCUT2D eigenvalue weighted by Gasteiger charge is -2.18. The van der Waals surface area contributed by atoms with E-state index in [4.69, 9.17) is 14.6 Å². The van der Waals surface area contributed by atoms with E-state index in [1.165, 1.54) is 13.2 Å². The molecule has 100 valence electrons. The number of aliphatic hydroxyl groups is 2. The van der Waals surface area contributed by atoms with Crippen molar-refractivity contribution in [2.75, 3.05) is 13.7 Å². The first-order chi connectivity index (χ1) is 8.58. The number of hydrogen-bond acceptors (Lipinski definition) is 5. The molecule has 0 spiro atoms. The summed E-state index contributed by atoms with van der Waals surface area (Å²) in [4.78, 5) is 12.9. The average molecular weight is 259 g/mol. The number of ether oxygens (including phenoxy) is 2. The lowest BCUT2D eigenvalue weighted by molar-refractivity contribution is -0.0248. The predicted octanol–water partition coefficient (Wildman–Crippen LogP) is -0.678. The van der Waals surface area contributed by atoms with Crippen LogP contribution in [0.2, 0.25) is 0 Å². The fourth-order valence-electron chi connectivity index (χ4n) is 2.08. The molecule has 0 aliphatic carbocycles. The molecule has 2 rings (SSSR count). The van der Waals surface area contributed by atoms with Crippen LogP contribution in [-0.4, -0.2) is 47.2 Å². The minimum absolute atomic E-state index is 0.0800. The molecule has 0 saturated carbocycles. The molecular weight excluding hydrogens is 245 g/mol. The summed E-state index contributed by atoms with van der Waals surface area (Å²) in [7, 11) is 1.35. The van der Waals surface area contributed by atoms with Gasteiger partial charge in [-0.1, -0.05) is 0 Å². The smallest absolute Gasteiger partial charge is 0.250 e.